The molecule has 0 spiro atoms. The van der Waals surface area contributed by atoms with E-state index in [1.165, 1.54) is 7.11 Å². The van der Waals surface area contributed by atoms with Gasteiger partial charge in [0.05, 0.1) is 7.11 Å². The Labute approximate surface area is 125 Å². The number of amides is 1. The van der Waals surface area contributed by atoms with Crippen molar-refractivity contribution in [3.63, 3.8) is 0 Å². The highest BCUT2D eigenvalue weighted by Crippen LogP contribution is 2.22. The standard InChI is InChI=1S/C16H23NO4/c1-16(2,3)9-8-13(15(19)20)17-14(18)11-6-5-7-12(10-11)21-4/h5-7,10,13H,8-9H2,1-4H3,(H,17,18)(H,19,20). The number of methoxy groups -OCH3 is 1. The van der Waals surface area contributed by atoms with E-state index in [9.17, 15) is 14.7 Å². The Bertz CT molecular complexity index is 505. The Morgan fingerprint density at radius 1 is 1.33 bits per heavy atom. The van der Waals surface area contributed by atoms with E-state index in [-0.39, 0.29) is 5.41 Å². The van der Waals surface area contributed by atoms with Gasteiger partial charge in [-0.25, -0.2) is 4.79 Å². The molecule has 21 heavy (non-hydrogen) atoms. The Kier molecular flexibility index (Phi) is 5.76. The van der Waals surface area contributed by atoms with Crippen LogP contribution in [0.3, 0.4) is 0 Å². The van der Waals surface area contributed by atoms with Crippen molar-refractivity contribution in [1.29, 1.82) is 0 Å². The van der Waals surface area contributed by atoms with Crippen molar-refractivity contribution >= 4 is 11.9 Å². The minimum atomic E-state index is -1.02. The molecule has 0 aliphatic carbocycles. The molecule has 1 unspecified atom stereocenters. The Hall–Kier alpha value is -2.04. The molecule has 0 fully saturated rings. The Morgan fingerprint density at radius 2 is 2.00 bits per heavy atom. The maximum absolute atomic E-state index is 12.1. The summed E-state index contributed by atoms with van der Waals surface area (Å²) in [7, 11) is 1.51. The van der Waals surface area contributed by atoms with E-state index in [1.54, 1.807) is 24.3 Å². The number of hydrogen-bond donors (Lipinski definition) is 2. The molecule has 116 valence electrons. The first-order valence-electron chi connectivity index (χ1n) is 6.90. The van der Waals surface area contributed by atoms with Crippen LogP contribution in [-0.2, 0) is 4.79 Å². The average Bonchev–Trinajstić information content (AvgIpc) is 2.41. The molecule has 5 nitrogen and oxygen atoms in total. The van der Waals surface area contributed by atoms with Gasteiger partial charge >= 0.3 is 5.97 Å². The summed E-state index contributed by atoms with van der Waals surface area (Å²) in [6.45, 7) is 6.11. The predicted molar refractivity (Wildman–Crippen MR) is 80.6 cm³/mol. The summed E-state index contributed by atoms with van der Waals surface area (Å²) in [5.41, 5.74) is 0.408. The highest BCUT2D eigenvalue weighted by atomic mass is 16.5. The first-order chi connectivity index (χ1) is 9.73. The van der Waals surface area contributed by atoms with Crippen LogP contribution in [0, 0.1) is 5.41 Å². The van der Waals surface area contributed by atoms with Gasteiger partial charge in [-0.2, -0.15) is 0 Å². The van der Waals surface area contributed by atoms with E-state index in [1.807, 2.05) is 20.8 Å². The minimum absolute atomic E-state index is 0.0222. The lowest BCUT2D eigenvalue weighted by Gasteiger charge is -2.21. The number of hydrogen-bond acceptors (Lipinski definition) is 3. The van der Waals surface area contributed by atoms with Crippen LogP contribution >= 0.6 is 0 Å². The molecule has 0 saturated carbocycles. The predicted octanol–water partition coefficient (Wildman–Crippen LogP) is 2.70. The SMILES string of the molecule is COc1cccc(C(=O)NC(CCC(C)(C)C)C(=O)O)c1. The van der Waals surface area contributed by atoms with Gasteiger partial charge in [0.15, 0.2) is 0 Å². The number of aliphatic carboxylic acids is 1. The van der Waals surface area contributed by atoms with Gasteiger partial charge < -0.3 is 15.2 Å². The van der Waals surface area contributed by atoms with Gasteiger partial charge in [0.25, 0.3) is 5.91 Å². The van der Waals surface area contributed by atoms with Crippen LogP contribution in [0.1, 0.15) is 44.0 Å². The van der Waals surface area contributed by atoms with Crippen molar-refractivity contribution in [2.45, 2.75) is 39.7 Å². The van der Waals surface area contributed by atoms with Gasteiger partial charge in [0.1, 0.15) is 11.8 Å². The topological polar surface area (TPSA) is 75.6 Å². The summed E-state index contributed by atoms with van der Waals surface area (Å²) in [5.74, 6) is -0.866. The molecule has 1 aromatic carbocycles. The molecule has 1 atom stereocenters. The molecule has 0 aromatic heterocycles. The molecule has 0 heterocycles. The van der Waals surface area contributed by atoms with Gasteiger partial charge in [-0.05, 0) is 36.5 Å². The third-order valence-electron chi connectivity index (χ3n) is 3.12. The molecule has 0 bridgehead atoms. The summed E-state index contributed by atoms with van der Waals surface area (Å²) < 4.78 is 5.05. The first kappa shape index (κ1) is 17.0. The van der Waals surface area contributed by atoms with E-state index >= 15 is 0 Å². The Morgan fingerprint density at radius 3 is 2.52 bits per heavy atom. The van der Waals surface area contributed by atoms with E-state index in [2.05, 4.69) is 5.32 Å². The number of carbonyl (C=O) groups excluding carboxylic acids is 1. The van der Waals surface area contributed by atoms with E-state index in [4.69, 9.17) is 4.74 Å². The smallest absolute Gasteiger partial charge is 0.326 e. The van der Waals surface area contributed by atoms with Crippen LogP contribution in [0.4, 0.5) is 0 Å². The second-order valence-electron chi connectivity index (χ2n) is 6.20. The van der Waals surface area contributed by atoms with Gasteiger partial charge in [-0.3, -0.25) is 4.79 Å². The molecule has 1 aromatic rings. The van der Waals surface area contributed by atoms with Crippen molar-refractivity contribution < 1.29 is 19.4 Å². The molecule has 2 N–H and O–H groups in total. The molecule has 0 saturated heterocycles. The second kappa shape index (κ2) is 7.11. The quantitative estimate of drug-likeness (QED) is 0.845. The zero-order valence-electron chi connectivity index (χ0n) is 13.0. The molecule has 0 aliphatic rings. The number of benzene rings is 1. The van der Waals surface area contributed by atoms with Crippen molar-refractivity contribution in [2.24, 2.45) is 5.41 Å². The molecule has 0 radical (unpaired) electrons. The number of ether oxygens (including phenoxy) is 1. The molecule has 1 rings (SSSR count). The van der Waals surface area contributed by atoms with Crippen LogP contribution in [0.2, 0.25) is 0 Å². The molecular weight excluding hydrogens is 270 g/mol. The third kappa shape index (κ3) is 5.85. The molecule has 0 aliphatic heterocycles. The number of rotatable bonds is 6. The highest BCUT2D eigenvalue weighted by Gasteiger charge is 2.23. The fourth-order valence-electron chi connectivity index (χ4n) is 1.84. The number of nitrogens with one attached hydrogen (secondary N) is 1. The summed E-state index contributed by atoms with van der Waals surface area (Å²) in [6.07, 6.45) is 1.11. The minimum Gasteiger partial charge on any atom is -0.497 e. The zero-order valence-corrected chi connectivity index (χ0v) is 13.0. The van der Waals surface area contributed by atoms with Crippen LogP contribution in [-0.4, -0.2) is 30.1 Å². The molecule has 1 amide bonds. The Balaban J connectivity index is 2.74. The van der Waals surface area contributed by atoms with Crippen LogP contribution < -0.4 is 10.1 Å². The zero-order chi connectivity index (χ0) is 16.0. The van der Waals surface area contributed by atoms with Gasteiger partial charge in [-0.15, -0.1) is 0 Å². The van der Waals surface area contributed by atoms with Crippen molar-refractivity contribution in [3.05, 3.63) is 29.8 Å². The summed E-state index contributed by atoms with van der Waals surface area (Å²) in [4.78, 5) is 23.4. The lowest BCUT2D eigenvalue weighted by molar-refractivity contribution is -0.139. The van der Waals surface area contributed by atoms with Crippen molar-refractivity contribution in [3.8, 4) is 5.75 Å². The van der Waals surface area contributed by atoms with Crippen molar-refractivity contribution in [2.75, 3.05) is 7.11 Å². The monoisotopic (exact) mass is 293 g/mol. The molecular formula is C16H23NO4. The van der Waals surface area contributed by atoms with Crippen LogP contribution in [0.15, 0.2) is 24.3 Å². The number of carboxylic acid groups (broad SMARTS) is 1. The fraction of sp³-hybridized carbons (Fsp3) is 0.500. The number of carbonyl (C=O) groups is 2. The summed E-state index contributed by atoms with van der Waals surface area (Å²) in [5, 5.41) is 11.8. The largest absolute Gasteiger partial charge is 0.497 e. The van der Waals surface area contributed by atoms with Gasteiger partial charge in [0, 0.05) is 5.56 Å². The normalized spacial score (nSPS) is 12.6. The third-order valence-corrected chi connectivity index (χ3v) is 3.12. The summed E-state index contributed by atoms with van der Waals surface area (Å²) >= 11 is 0. The fourth-order valence-corrected chi connectivity index (χ4v) is 1.84. The van der Waals surface area contributed by atoms with Gasteiger partial charge in [-0.1, -0.05) is 26.8 Å². The lowest BCUT2D eigenvalue weighted by Crippen LogP contribution is -2.41. The van der Waals surface area contributed by atoms with Gasteiger partial charge in [0.2, 0.25) is 0 Å². The average molecular weight is 293 g/mol. The van der Waals surface area contributed by atoms with Crippen molar-refractivity contribution in [1.82, 2.24) is 5.32 Å². The van der Waals surface area contributed by atoms with Crippen LogP contribution in [0.5, 0.6) is 5.75 Å². The van der Waals surface area contributed by atoms with E-state index < -0.39 is 17.9 Å². The van der Waals surface area contributed by atoms with Crippen LogP contribution in [0.25, 0.3) is 0 Å². The molecule has 5 heteroatoms. The van der Waals surface area contributed by atoms with E-state index in [0.29, 0.717) is 24.2 Å². The second-order valence-corrected chi connectivity index (χ2v) is 6.20. The maximum Gasteiger partial charge on any atom is 0.326 e. The maximum atomic E-state index is 12.1. The lowest BCUT2D eigenvalue weighted by atomic mass is 9.88. The first-order valence-corrected chi connectivity index (χ1v) is 6.90. The number of carboxylic acids is 1. The highest BCUT2D eigenvalue weighted by molar-refractivity contribution is 5.96. The summed E-state index contributed by atoms with van der Waals surface area (Å²) in [6, 6.07) is 5.74. The van der Waals surface area contributed by atoms with E-state index in [0.717, 1.165) is 0 Å².